The summed E-state index contributed by atoms with van der Waals surface area (Å²) in [5.41, 5.74) is 0.977. The highest BCUT2D eigenvalue weighted by Crippen LogP contribution is 2.13. The summed E-state index contributed by atoms with van der Waals surface area (Å²) in [5.74, 6) is -0.295. The van der Waals surface area contributed by atoms with Gasteiger partial charge >= 0.3 is 0 Å². The van der Waals surface area contributed by atoms with Crippen LogP contribution in [0.4, 0.5) is 5.69 Å². The zero-order valence-corrected chi connectivity index (χ0v) is 13.9. The van der Waals surface area contributed by atoms with Crippen LogP contribution in [0.1, 0.15) is 37.6 Å². The molecule has 1 saturated heterocycles. The third-order valence-electron chi connectivity index (χ3n) is 3.97. The number of hydrogen-bond acceptors (Lipinski definition) is 4. The van der Waals surface area contributed by atoms with Crippen molar-refractivity contribution in [2.75, 3.05) is 25.0 Å². The van der Waals surface area contributed by atoms with Gasteiger partial charge in [0.15, 0.2) is 0 Å². The minimum Gasteiger partial charge on any atom is -0.366 e. The number of carbonyl (C=O) groups excluding carboxylic acids is 2. The molecule has 0 spiro atoms. The van der Waals surface area contributed by atoms with Gasteiger partial charge in [-0.1, -0.05) is 6.92 Å². The third-order valence-corrected chi connectivity index (χ3v) is 3.97. The van der Waals surface area contributed by atoms with Crippen LogP contribution >= 0.6 is 0 Å². The van der Waals surface area contributed by atoms with Gasteiger partial charge in [-0.05, 0) is 44.5 Å². The molecule has 0 aromatic heterocycles. The first-order chi connectivity index (χ1) is 10.9. The molecule has 1 heterocycles. The maximum atomic E-state index is 12.2. The van der Waals surface area contributed by atoms with Gasteiger partial charge in [0.25, 0.3) is 11.8 Å². The van der Waals surface area contributed by atoms with Crippen molar-refractivity contribution < 1.29 is 14.3 Å². The summed E-state index contributed by atoms with van der Waals surface area (Å²) >= 11 is 0. The molecule has 3 N–H and O–H groups in total. The van der Waals surface area contributed by atoms with Crippen molar-refractivity contribution in [2.45, 2.75) is 38.8 Å². The van der Waals surface area contributed by atoms with Crippen molar-refractivity contribution >= 4 is 17.5 Å². The molecule has 0 aliphatic carbocycles. The molecular weight excluding hydrogens is 294 g/mol. The smallest absolute Gasteiger partial charge is 0.254 e. The fourth-order valence-corrected chi connectivity index (χ4v) is 2.13. The first-order valence-corrected chi connectivity index (χ1v) is 7.97. The van der Waals surface area contributed by atoms with E-state index in [1.54, 1.807) is 24.3 Å². The van der Waals surface area contributed by atoms with Gasteiger partial charge in [0.1, 0.15) is 6.10 Å². The van der Waals surface area contributed by atoms with Gasteiger partial charge in [-0.2, -0.15) is 0 Å². The summed E-state index contributed by atoms with van der Waals surface area (Å²) in [4.78, 5) is 24.2. The summed E-state index contributed by atoms with van der Waals surface area (Å²) < 4.78 is 5.40. The Morgan fingerprint density at radius 2 is 2.00 bits per heavy atom. The summed E-state index contributed by atoms with van der Waals surface area (Å²) in [6.45, 7) is 7.81. The Morgan fingerprint density at radius 3 is 2.57 bits per heavy atom. The van der Waals surface area contributed by atoms with Gasteiger partial charge in [0.2, 0.25) is 0 Å². The van der Waals surface area contributed by atoms with Crippen molar-refractivity contribution in [3.8, 4) is 0 Å². The summed E-state index contributed by atoms with van der Waals surface area (Å²) in [7, 11) is 0. The second-order valence-corrected chi connectivity index (χ2v) is 6.32. The van der Waals surface area contributed by atoms with E-state index >= 15 is 0 Å². The monoisotopic (exact) mass is 319 g/mol. The standard InChI is InChI=1S/C17H25N3O3/c1-4-17(2,3)20-15(21)12-5-7-13(8-6-12)19-16(22)14-11-18-9-10-23-14/h5-8,14,18H,4,9-11H2,1-3H3,(H,19,22)(H,20,21). The van der Waals surface area contributed by atoms with Crippen LogP contribution in [0, 0.1) is 0 Å². The van der Waals surface area contributed by atoms with E-state index < -0.39 is 6.10 Å². The predicted molar refractivity (Wildman–Crippen MR) is 89.5 cm³/mol. The van der Waals surface area contributed by atoms with E-state index in [4.69, 9.17) is 4.74 Å². The Kier molecular flexibility index (Phi) is 5.74. The van der Waals surface area contributed by atoms with Crippen LogP contribution in [-0.2, 0) is 9.53 Å². The molecule has 0 saturated carbocycles. The second-order valence-electron chi connectivity index (χ2n) is 6.32. The van der Waals surface area contributed by atoms with E-state index in [9.17, 15) is 9.59 Å². The predicted octanol–water partition coefficient (Wildman–Crippen LogP) is 1.53. The number of carbonyl (C=O) groups is 2. The molecule has 0 radical (unpaired) electrons. The topological polar surface area (TPSA) is 79.5 Å². The zero-order valence-electron chi connectivity index (χ0n) is 13.9. The summed E-state index contributed by atoms with van der Waals surface area (Å²) in [5, 5.41) is 8.90. The highest BCUT2D eigenvalue weighted by molar-refractivity contribution is 5.97. The van der Waals surface area contributed by atoms with Crippen molar-refractivity contribution in [3.63, 3.8) is 0 Å². The lowest BCUT2D eigenvalue weighted by atomic mass is 10.0. The molecule has 1 aliphatic rings. The van der Waals surface area contributed by atoms with Crippen LogP contribution in [0.15, 0.2) is 24.3 Å². The quantitative estimate of drug-likeness (QED) is 0.769. The first-order valence-electron chi connectivity index (χ1n) is 7.97. The molecule has 6 heteroatoms. The Balaban J connectivity index is 1.93. The lowest BCUT2D eigenvalue weighted by Gasteiger charge is -2.24. The first kappa shape index (κ1) is 17.4. The summed E-state index contributed by atoms with van der Waals surface area (Å²) in [6.07, 6.45) is 0.375. The van der Waals surface area contributed by atoms with Crippen LogP contribution in [0.25, 0.3) is 0 Å². The highest BCUT2D eigenvalue weighted by atomic mass is 16.5. The number of rotatable bonds is 5. The fraction of sp³-hybridized carbons (Fsp3) is 0.529. The van der Waals surface area contributed by atoms with Gasteiger partial charge in [-0.25, -0.2) is 0 Å². The summed E-state index contributed by atoms with van der Waals surface area (Å²) in [6, 6.07) is 6.86. The Hall–Kier alpha value is -1.92. The van der Waals surface area contributed by atoms with Crippen molar-refractivity contribution in [1.29, 1.82) is 0 Å². The number of ether oxygens (including phenoxy) is 1. The van der Waals surface area contributed by atoms with Crippen molar-refractivity contribution in [2.24, 2.45) is 0 Å². The van der Waals surface area contributed by atoms with E-state index in [2.05, 4.69) is 16.0 Å². The van der Waals surface area contributed by atoms with E-state index in [0.29, 0.717) is 24.4 Å². The lowest BCUT2D eigenvalue weighted by molar-refractivity contribution is -0.128. The molecular formula is C17H25N3O3. The van der Waals surface area contributed by atoms with Gasteiger partial charge < -0.3 is 20.7 Å². The van der Waals surface area contributed by atoms with Crippen LogP contribution in [0.5, 0.6) is 0 Å². The van der Waals surface area contributed by atoms with Crippen LogP contribution in [0.2, 0.25) is 0 Å². The number of morpholine rings is 1. The molecule has 126 valence electrons. The van der Waals surface area contributed by atoms with Crippen LogP contribution in [-0.4, -0.2) is 43.2 Å². The van der Waals surface area contributed by atoms with E-state index in [-0.39, 0.29) is 17.4 Å². The fourth-order valence-electron chi connectivity index (χ4n) is 2.13. The second kappa shape index (κ2) is 7.57. The molecule has 2 amide bonds. The van der Waals surface area contributed by atoms with Gasteiger partial charge in [-0.15, -0.1) is 0 Å². The molecule has 6 nitrogen and oxygen atoms in total. The maximum Gasteiger partial charge on any atom is 0.254 e. The van der Waals surface area contributed by atoms with Crippen molar-refractivity contribution in [1.82, 2.24) is 10.6 Å². The van der Waals surface area contributed by atoms with E-state index in [0.717, 1.165) is 13.0 Å². The normalized spacial score (nSPS) is 18.3. The van der Waals surface area contributed by atoms with E-state index in [1.165, 1.54) is 0 Å². The Labute approximate surface area is 137 Å². The highest BCUT2D eigenvalue weighted by Gasteiger charge is 2.22. The largest absolute Gasteiger partial charge is 0.366 e. The number of benzene rings is 1. The SMILES string of the molecule is CCC(C)(C)NC(=O)c1ccc(NC(=O)C2CNCCO2)cc1. The average Bonchev–Trinajstić information content (AvgIpc) is 2.56. The zero-order chi connectivity index (χ0) is 16.9. The molecule has 1 atom stereocenters. The molecule has 23 heavy (non-hydrogen) atoms. The third kappa shape index (κ3) is 5.04. The van der Waals surface area contributed by atoms with Gasteiger partial charge in [-0.3, -0.25) is 9.59 Å². The minimum absolute atomic E-state index is 0.116. The maximum absolute atomic E-state index is 12.2. The molecule has 1 unspecified atom stereocenters. The number of anilines is 1. The molecule has 1 fully saturated rings. The van der Waals surface area contributed by atoms with Crippen LogP contribution in [0.3, 0.4) is 0 Å². The van der Waals surface area contributed by atoms with Gasteiger partial charge in [0.05, 0.1) is 6.61 Å². The number of amides is 2. The number of nitrogens with one attached hydrogen (secondary N) is 3. The Bertz CT molecular complexity index is 549. The van der Waals surface area contributed by atoms with E-state index in [1.807, 2.05) is 20.8 Å². The molecule has 1 aromatic rings. The average molecular weight is 319 g/mol. The molecule has 2 rings (SSSR count). The van der Waals surface area contributed by atoms with Gasteiger partial charge in [0, 0.05) is 29.9 Å². The lowest BCUT2D eigenvalue weighted by Crippen LogP contribution is -2.45. The van der Waals surface area contributed by atoms with Crippen LogP contribution < -0.4 is 16.0 Å². The molecule has 0 bridgehead atoms. The molecule has 1 aromatic carbocycles. The molecule has 1 aliphatic heterocycles. The number of hydrogen-bond donors (Lipinski definition) is 3. The van der Waals surface area contributed by atoms with Crippen molar-refractivity contribution in [3.05, 3.63) is 29.8 Å². The Morgan fingerprint density at radius 1 is 1.30 bits per heavy atom. The minimum atomic E-state index is -0.475.